The van der Waals surface area contributed by atoms with E-state index in [2.05, 4.69) is 42.0 Å². The lowest BCUT2D eigenvalue weighted by atomic mass is 9.97. The van der Waals surface area contributed by atoms with E-state index in [0.717, 1.165) is 64.5 Å². The Bertz CT molecular complexity index is 1280. The van der Waals surface area contributed by atoms with E-state index in [1.54, 1.807) is 0 Å². The smallest absolute Gasteiger partial charge is 0.246 e. The molecule has 0 fully saturated rings. The highest BCUT2D eigenvalue weighted by Crippen LogP contribution is 2.11. The molecule has 0 aliphatic carbocycles. The summed E-state index contributed by atoms with van der Waals surface area (Å²) in [5, 5.41) is 17.0. The number of nitrogens with zero attached hydrogens (tertiary/aromatic N) is 4. The van der Waals surface area contributed by atoms with Gasteiger partial charge in [-0.25, -0.2) is 20.3 Å². The fourth-order valence-corrected chi connectivity index (χ4v) is 6.13. The van der Waals surface area contributed by atoms with Gasteiger partial charge in [-0.05, 0) is 89.1 Å². The first-order valence-corrected chi connectivity index (χ1v) is 22.4. The molecular weight excluding hydrogens is 805 g/mol. The van der Waals surface area contributed by atoms with Crippen LogP contribution in [0, 0.1) is 5.41 Å². The Labute approximate surface area is 371 Å². The molecule has 19 heteroatoms. The zero-order valence-electron chi connectivity index (χ0n) is 39.4. The standard InChI is InChI=1S/C43H82N8O11/c1-36(52)48(59-5)31-17-10-14-28-45-37(53)22-25-41(57)50(61-7)33-19-12-16-30-47-39(55)23-26-42(58)51(62-8)34-20-11-15-29-46-38(54)21-24-40(56)49(60-6)32-18-9-13-27-44-35-43(2,3)4/h44H,9-35H2,1-8H3,(H,45,53)(H,46,54)(H,47,55). The Hall–Kier alpha value is -3.91. The van der Waals surface area contributed by atoms with Crippen LogP contribution < -0.4 is 21.3 Å². The molecule has 62 heavy (non-hydrogen) atoms. The second-order valence-corrected chi connectivity index (χ2v) is 16.4. The van der Waals surface area contributed by atoms with Gasteiger partial charge in [-0.15, -0.1) is 0 Å². The van der Waals surface area contributed by atoms with Gasteiger partial charge in [0.25, 0.3) is 0 Å². The van der Waals surface area contributed by atoms with Crippen LogP contribution in [0.25, 0.3) is 0 Å². The van der Waals surface area contributed by atoms with E-state index in [1.165, 1.54) is 55.6 Å². The molecule has 0 aliphatic rings. The highest BCUT2D eigenvalue weighted by Gasteiger charge is 2.18. The Morgan fingerprint density at radius 3 is 0.968 bits per heavy atom. The van der Waals surface area contributed by atoms with Gasteiger partial charge in [0.2, 0.25) is 41.4 Å². The normalized spacial score (nSPS) is 11.2. The van der Waals surface area contributed by atoms with Crippen molar-refractivity contribution in [3.8, 4) is 0 Å². The van der Waals surface area contributed by atoms with Crippen molar-refractivity contribution >= 4 is 41.4 Å². The van der Waals surface area contributed by atoms with Crippen LogP contribution in [0.1, 0.15) is 143 Å². The predicted octanol–water partition coefficient (Wildman–Crippen LogP) is 3.57. The number of hydroxylamine groups is 8. The molecule has 0 aromatic carbocycles. The molecule has 4 N–H and O–H groups in total. The lowest BCUT2D eigenvalue weighted by molar-refractivity contribution is -0.177. The second kappa shape index (κ2) is 36.6. The molecule has 0 spiro atoms. The van der Waals surface area contributed by atoms with Crippen LogP contribution in [0.2, 0.25) is 0 Å². The van der Waals surface area contributed by atoms with Crippen LogP contribution >= 0.6 is 0 Å². The van der Waals surface area contributed by atoms with Crippen molar-refractivity contribution in [2.45, 2.75) is 143 Å². The molecule has 0 saturated carbocycles. The van der Waals surface area contributed by atoms with E-state index in [0.29, 0.717) is 71.5 Å². The maximum atomic E-state index is 12.6. The van der Waals surface area contributed by atoms with Crippen molar-refractivity contribution in [1.29, 1.82) is 0 Å². The molecule has 360 valence electrons. The summed E-state index contributed by atoms with van der Waals surface area (Å²) in [6, 6.07) is 0. The molecule has 7 amide bonds. The average Bonchev–Trinajstić information content (AvgIpc) is 3.23. The zero-order chi connectivity index (χ0) is 46.6. The predicted molar refractivity (Wildman–Crippen MR) is 235 cm³/mol. The van der Waals surface area contributed by atoms with E-state index in [4.69, 9.17) is 19.4 Å². The SMILES string of the molecule is CON(CCCCCNC(=O)CCC(=O)N(CCCCCNC(=O)CCC(=O)N(CCCCCNC(=O)CCC(=O)N(CCCCCNCC(C)(C)C)OC)OC)OC)C(C)=O. The first-order valence-electron chi connectivity index (χ1n) is 22.4. The number of hydrogen-bond acceptors (Lipinski definition) is 12. The van der Waals surface area contributed by atoms with Crippen molar-refractivity contribution in [3.63, 3.8) is 0 Å². The third-order valence-corrected chi connectivity index (χ3v) is 9.72. The molecule has 0 radical (unpaired) electrons. The van der Waals surface area contributed by atoms with E-state index in [1.807, 2.05) is 0 Å². The number of carbonyl (C=O) groups excluding carboxylic acids is 7. The minimum Gasteiger partial charge on any atom is -0.356 e. The number of nitrogens with one attached hydrogen (secondary N) is 4. The molecule has 0 rings (SSSR count). The summed E-state index contributed by atoms with van der Waals surface area (Å²) in [6.45, 7) is 13.0. The highest BCUT2D eigenvalue weighted by molar-refractivity contribution is 5.84. The third-order valence-electron chi connectivity index (χ3n) is 9.72. The number of amides is 7. The maximum Gasteiger partial charge on any atom is 0.246 e. The molecule has 0 aromatic rings. The summed E-state index contributed by atoms with van der Waals surface area (Å²) in [6.07, 6.45) is 9.54. The number of hydrogen-bond donors (Lipinski definition) is 4. The Morgan fingerprint density at radius 2 is 0.694 bits per heavy atom. The quantitative estimate of drug-likeness (QED) is 0.0517. The van der Waals surface area contributed by atoms with E-state index in [9.17, 15) is 33.6 Å². The van der Waals surface area contributed by atoms with Crippen LogP contribution in [-0.4, -0.2) is 149 Å². The van der Waals surface area contributed by atoms with Crippen LogP contribution in [-0.2, 0) is 52.9 Å². The van der Waals surface area contributed by atoms with Gasteiger partial charge < -0.3 is 21.3 Å². The van der Waals surface area contributed by atoms with Crippen LogP contribution in [0.3, 0.4) is 0 Å². The molecule has 0 atom stereocenters. The van der Waals surface area contributed by atoms with Crippen LogP contribution in [0.5, 0.6) is 0 Å². The van der Waals surface area contributed by atoms with Gasteiger partial charge in [-0.1, -0.05) is 27.2 Å². The van der Waals surface area contributed by atoms with Crippen molar-refractivity contribution in [1.82, 2.24) is 41.5 Å². The fraction of sp³-hybridized carbons (Fsp3) is 0.837. The minimum atomic E-state index is -0.294. The van der Waals surface area contributed by atoms with Crippen molar-refractivity contribution in [2.75, 3.05) is 87.3 Å². The lowest BCUT2D eigenvalue weighted by Crippen LogP contribution is -2.33. The van der Waals surface area contributed by atoms with Crippen molar-refractivity contribution < 1.29 is 52.9 Å². The number of carbonyl (C=O) groups is 7. The lowest BCUT2D eigenvalue weighted by Gasteiger charge is -2.20. The summed E-state index contributed by atoms with van der Waals surface area (Å²) < 4.78 is 0. The molecule has 0 heterocycles. The number of unbranched alkanes of at least 4 members (excludes halogenated alkanes) is 8. The Morgan fingerprint density at radius 1 is 0.403 bits per heavy atom. The van der Waals surface area contributed by atoms with Gasteiger partial charge in [0.05, 0.1) is 28.4 Å². The maximum absolute atomic E-state index is 12.6. The largest absolute Gasteiger partial charge is 0.356 e. The van der Waals surface area contributed by atoms with Gasteiger partial charge >= 0.3 is 0 Å². The summed E-state index contributed by atoms with van der Waals surface area (Å²) in [5.74, 6) is -1.61. The van der Waals surface area contributed by atoms with Gasteiger partial charge in [-0.2, -0.15) is 0 Å². The van der Waals surface area contributed by atoms with Crippen molar-refractivity contribution in [2.24, 2.45) is 5.41 Å². The van der Waals surface area contributed by atoms with Crippen LogP contribution in [0.15, 0.2) is 0 Å². The summed E-state index contributed by atoms with van der Waals surface area (Å²) in [5.41, 5.74) is 0.251. The monoisotopic (exact) mass is 887 g/mol. The Balaban J connectivity index is 4.04. The van der Waals surface area contributed by atoms with Gasteiger partial charge in [0.15, 0.2) is 0 Å². The molecule has 19 nitrogen and oxygen atoms in total. The summed E-state index contributed by atoms with van der Waals surface area (Å²) in [4.78, 5) is 107. The fourth-order valence-electron chi connectivity index (χ4n) is 6.13. The van der Waals surface area contributed by atoms with Gasteiger partial charge in [0.1, 0.15) is 0 Å². The van der Waals surface area contributed by atoms with Gasteiger partial charge in [-0.3, -0.25) is 52.9 Å². The number of rotatable bonds is 38. The van der Waals surface area contributed by atoms with E-state index in [-0.39, 0.29) is 85.3 Å². The average molecular weight is 887 g/mol. The Kier molecular flexibility index (Phi) is 34.3. The molecule has 0 saturated heterocycles. The first kappa shape index (κ1) is 58.1. The van der Waals surface area contributed by atoms with Crippen LogP contribution in [0.4, 0.5) is 0 Å². The van der Waals surface area contributed by atoms with Gasteiger partial charge in [0, 0.05) is 91.3 Å². The zero-order valence-corrected chi connectivity index (χ0v) is 39.4. The highest BCUT2D eigenvalue weighted by atomic mass is 16.7. The second-order valence-electron chi connectivity index (χ2n) is 16.4. The summed E-state index contributed by atoms with van der Waals surface area (Å²) >= 11 is 0. The third kappa shape index (κ3) is 31.9. The van der Waals surface area contributed by atoms with Crippen molar-refractivity contribution in [3.05, 3.63) is 0 Å². The molecule has 0 bridgehead atoms. The topological polar surface area (TPSA) is 217 Å². The molecule has 0 aromatic heterocycles. The first-order chi connectivity index (χ1) is 29.6. The van der Waals surface area contributed by atoms with E-state index < -0.39 is 0 Å². The molecule has 0 unspecified atom stereocenters. The minimum absolute atomic E-state index is 0.00296. The summed E-state index contributed by atoms with van der Waals surface area (Å²) in [7, 11) is 5.73. The molecule has 0 aliphatic heterocycles. The molecular formula is C43H82N8O11. The van der Waals surface area contributed by atoms with E-state index >= 15 is 0 Å².